The molecule has 1 aliphatic heterocycles. The normalized spacial score (nSPS) is 20.8. The van der Waals surface area contributed by atoms with Gasteiger partial charge in [0.05, 0.1) is 29.2 Å². The second kappa shape index (κ2) is 6.57. The average molecular weight is 351 g/mol. The zero-order chi connectivity index (χ0) is 17.3. The number of rotatable bonds is 4. The number of thiazole rings is 1. The van der Waals surface area contributed by atoms with Gasteiger partial charge in [-0.1, -0.05) is 30.3 Å². The maximum Gasteiger partial charge on any atom is 0.262 e. The highest BCUT2D eigenvalue weighted by molar-refractivity contribution is 7.15. The summed E-state index contributed by atoms with van der Waals surface area (Å²) < 4.78 is 26.4. The molecule has 1 aromatic heterocycles. The smallest absolute Gasteiger partial charge is 0.262 e. The molecular weight excluding hydrogens is 332 g/mol. The zero-order valence-corrected chi connectivity index (χ0v) is 14.3. The molecule has 1 aliphatic rings. The summed E-state index contributed by atoms with van der Waals surface area (Å²) in [5.74, 6) is -3.21. The number of alkyl halides is 2. The zero-order valence-electron chi connectivity index (χ0n) is 13.5. The van der Waals surface area contributed by atoms with Gasteiger partial charge in [-0.2, -0.15) is 0 Å². The Balaban J connectivity index is 1.70. The number of amides is 1. The topological polar surface area (TPSA) is 54.0 Å². The molecule has 7 heteroatoms. The minimum atomic E-state index is -2.81. The summed E-state index contributed by atoms with van der Waals surface area (Å²) in [4.78, 5) is 17.7. The molecule has 2 atom stereocenters. The Bertz CT molecular complexity index is 733. The fourth-order valence-electron chi connectivity index (χ4n) is 2.79. The van der Waals surface area contributed by atoms with E-state index in [-0.39, 0.29) is 6.04 Å². The Hall–Kier alpha value is -1.86. The third-order valence-electron chi connectivity index (χ3n) is 4.03. The van der Waals surface area contributed by atoms with E-state index >= 15 is 0 Å². The molecule has 1 fully saturated rings. The summed E-state index contributed by atoms with van der Waals surface area (Å²) in [6.07, 6.45) is -0.456. The van der Waals surface area contributed by atoms with E-state index in [1.807, 2.05) is 44.2 Å². The molecule has 0 saturated carbocycles. The molecule has 0 spiro atoms. The first-order valence-corrected chi connectivity index (χ1v) is 8.62. The van der Waals surface area contributed by atoms with Crippen molar-refractivity contribution in [1.29, 1.82) is 0 Å². The molecule has 0 bridgehead atoms. The summed E-state index contributed by atoms with van der Waals surface area (Å²) >= 11 is 1.51. The Labute approximate surface area is 143 Å². The number of halogens is 2. The highest BCUT2D eigenvalue weighted by Gasteiger charge is 2.42. The van der Waals surface area contributed by atoms with Crippen LogP contribution in [0.25, 0.3) is 10.6 Å². The van der Waals surface area contributed by atoms with E-state index in [9.17, 15) is 13.6 Å². The highest BCUT2D eigenvalue weighted by atomic mass is 32.1. The second-order valence-electron chi connectivity index (χ2n) is 6.06. The van der Waals surface area contributed by atoms with Crippen molar-refractivity contribution in [3.63, 3.8) is 0 Å². The first-order valence-electron chi connectivity index (χ1n) is 7.80. The molecule has 0 radical (unpaired) electrons. The van der Waals surface area contributed by atoms with Gasteiger partial charge in [0.1, 0.15) is 5.01 Å². The van der Waals surface area contributed by atoms with Gasteiger partial charge in [0.2, 0.25) is 5.91 Å². The SMILES string of the molecule is Cc1nc(-c2ccccc2)sc1C(C)NC(=O)C1CC(F)(F)CN1. The van der Waals surface area contributed by atoms with Crippen molar-refractivity contribution in [2.45, 2.75) is 38.3 Å². The molecular formula is C17H19F2N3OS. The maximum atomic E-state index is 13.2. The molecule has 1 aromatic carbocycles. The lowest BCUT2D eigenvalue weighted by Gasteiger charge is -2.16. The van der Waals surface area contributed by atoms with E-state index in [1.54, 1.807) is 0 Å². The van der Waals surface area contributed by atoms with E-state index in [0.717, 1.165) is 21.1 Å². The van der Waals surface area contributed by atoms with Crippen LogP contribution in [-0.2, 0) is 4.79 Å². The van der Waals surface area contributed by atoms with Gasteiger partial charge in [0, 0.05) is 12.0 Å². The predicted molar refractivity (Wildman–Crippen MR) is 90.2 cm³/mol. The number of nitrogens with zero attached hydrogens (tertiary/aromatic N) is 1. The second-order valence-corrected chi connectivity index (χ2v) is 7.09. The summed E-state index contributed by atoms with van der Waals surface area (Å²) in [6, 6.07) is 8.68. The number of carbonyl (C=O) groups is 1. The lowest BCUT2D eigenvalue weighted by molar-refractivity contribution is -0.124. The van der Waals surface area contributed by atoms with Crippen LogP contribution >= 0.6 is 11.3 Å². The number of nitrogens with one attached hydrogen (secondary N) is 2. The van der Waals surface area contributed by atoms with Crippen LogP contribution in [0.1, 0.15) is 30.0 Å². The number of aryl methyl sites for hydroxylation is 1. The van der Waals surface area contributed by atoms with Gasteiger partial charge in [-0.25, -0.2) is 13.8 Å². The molecule has 2 heterocycles. The van der Waals surface area contributed by atoms with Crippen molar-refractivity contribution in [2.75, 3.05) is 6.54 Å². The average Bonchev–Trinajstić information content (AvgIpc) is 3.11. The van der Waals surface area contributed by atoms with Crippen LogP contribution in [0.5, 0.6) is 0 Å². The van der Waals surface area contributed by atoms with Gasteiger partial charge in [0.15, 0.2) is 0 Å². The summed E-state index contributed by atoms with van der Waals surface area (Å²) in [6.45, 7) is 3.29. The fourth-order valence-corrected chi connectivity index (χ4v) is 3.87. The molecule has 0 aliphatic carbocycles. The summed E-state index contributed by atoms with van der Waals surface area (Å²) in [5, 5.41) is 6.28. The summed E-state index contributed by atoms with van der Waals surface area (Å²) in [5.41, 5.74) is 1.86. The van der Waals surface area contributed by atoms with Gasteiger partial charge in [-0.3, -0.25) is 10.1 Å². The van der Waals surface area contributed by atoms with E-state index in [1.165, 1.54) is 11.3 Å². The number of hydrogen-bond acceptors (Lipinski definition) is 4. The van der Waals surface area contributed by atoms with E-state index in [4.69, 9.17) is 0 Å². The molecule has 2 unspecified atom stereocenters. The number of aromatic nitrogens is 1. The third kappa shape index (κ3) is 3.62. The van der Waals surface area contributed by atoms with Crippen molar-refractivity contribution < 1.29 is 13.6 Å². The van der Waals surface area contributed by atoms with Crippen LogP contribution in [0.15, 0.2) is 30.3 Å². The first kappa shape index (κ1) is 17.0. The molecule has 2 aromatic rings. The van der Waals surface area contributed by atoms with E-state index < -0.39 is 30.8 Å². The maximum absolute atomic E-state index is 13.2. The number of hydrogen-bond donors (Lipinski definition) is 2. The molecule has 3 rings (SSSR count). The van der Waals surface area contributed by atoms with Crippen molar-refractivity contribution in [1.82, 2.24) is 15.6 Å². The molecule has 1 amide bonds. The Morgan fingerprint density at radius 2 is 2.12 bits per heavy atom. The molecule has 128 valence electrons. The van der Waals surface area contributed by atoms with Crippen LogP contribution in [0.4, 0.5) is 8.78 Å². The monoisotopic (exact) mass is 351 g/mol. The number of benzene rings is 1. The molecule has 24 heavy (non-hydrogen) atoms. The van der Waals surface area contributed by atoms with E-state index in [0.29, 0.717) is 0 Å². The fraction of sp³-hybridized carbons (Fsp3) is 0.412. The van der Waals surface area contributed by atoms with Gasteiger partial charge in [-0.05, 0) is 13.8 Å². The quantitative estimate of drug-likeness (QED) is 0.889. The van der Waals surface area contributed by atoms with Crippen molar-refractivity contribution in [3.05, 3.63) is 40.9 Å². The minimum Gasteiger partial charge on any atom is -0.347 e. The first-order chi connectivity index (χ1) is 11.4. The predicted octanol–water partition coefficient (Wildman–Crippen LogP) is 3.29. The van der Waals surface area contributed by atoms with Gasteiger partial charge in [0.25, 0.3) is 5.92 Å². The Kier molecular flexibility index (Phi) is 4.64. The summed E-state index contributed by atoms with van der Waals surface area (Å²) in [7, 11) is 0. The molecule has 1 saturated heterocycles. The lowest BCUT2D eigenvalue weighted by Crippen LogP contribution is -2.41. The van der Waals surface area contributed by atoms with Gasteiger partial charge >= 0.3 is 0 Å². The van der Waals surface area contributed by atoms with Crippen LogP contribution in [0, 0.1) is 6.92 Å². The Morgan fingerprint density at radius 1 is 1.42 bits per heavy atom. The standard InChI is InChI=1S/C17H19F2N3OS/c1-10(21-15(23)13-8-17(18,19)9-20-13)14-11(2)22-16(24-14)12-6-4-3-5-7-12/h3-7,10,13,20H,8-9H2,1-2H3,(H,21,23). The van der Waals surface area contributed by atoms with Gasteiger partial charge < -0.3 is 5.32 Å². The molecule has 2 N–H and O–H groups in total. The van der Waals surface area contributed by atoms with Crippen LogP contribution in [-0.4, -0.2) is 29.4 Å². The lowest BCUT2D eigenvalue weighted by atomic mass is 10.1. The van der Waals surface area contributed by atoms with Crippen LogP contribution < -0.4 is 10.6 Å². The highest BCUT2D eigenvalue weighted by Crippen LogP contribution is 2.32. The van der Waals surface area contributed by atoms with Gasteiger partial charge in [-0.15, -0.1) is 11.3 Å². The van der Waals surface area contributed by atoms with Crippen LogP contribution in [0.3, 0.4) is 0 Å². The van der Waals surface area contributed by atoms with Crippen molar-refractivity contribution >= 4 is 17.2 Å². The van der Waals surface area contributed by atoms with E-state index in [2.05, 4.69) is 15.6 Å². The third-order valence-corrected chi connectivity index (χ3v) is 5.42. The Morgan fingerprint density at radius 3 is 2.75 bits per heavy atom. The largest absolute Gasteiger partial charge is 0.347 e. The van der Waals surface area contributed by atoms with Crippen LogP contribution in [0.2, 0.25) is 0 Å². The molecule has 4 nitrogen and oxygen atoms in total. The van der Waals surface area contributed by atoms with Crippen molar-refractivity contribution in [3.8, 4) is 10.6 Å². The minimum absolute atomic E-state index is 0.275. The number of carbonyl (C=O) groups excluding carboxylic acids is 1. The van der Waals surface area contributed by atoms with Crippen molar-refractivity contribution in [2.24, 2.45) is 0 Å².